The second kappa shape index (κ2) is 12.6. The Labute approximate surface area is 216 Å². The highest BCUT2D eigenvalue weighted by Crippen LogP contribution is 2.39. The minimum Gasteiger partial charge on any atom is -0.496 e. The first kappa shape index (κ1) is 27.3. The van der Waals surface area contributed by atoms with Crippen LogP contribution in [0.3, 0.4) is 0 Å². The Hall–Kier alpha value is -4.33. The van der Waals surface area contributed by atoms with Crippen molar-refractivity contribution in [2.45, 2.75) is 64.6 Å². The van der Waals surface area contributed by atoms with E-state index in [1.54, 1.807) is 27.9 Å². The van der Waals surface area contributed by atoms with Gasteiger partial charge in [-0.1, -0.05) is 12.5 Å². The summed E-state index contributed by atoms with van der Waals surface area (Å²) >= 11 is 0. The number of anilines is 2. The van der Waals surface area contributed by atoms with Gasteiger partial charge in [0.2, 0.25) is 0 Å². The lowest BCUT2D eigenvalue weighted by atomic mass is 9.97. The molecule has 0 bridgehead atoms. The van der Waals surface area contributed by atoms with Crippen molar-refractivity contribution in [3.8, 4) is 28.8 Å². The average molecular weight is 508 g/mol. The van der Waals surface area contributed by atoms with Gasteiger partial charge in [-0.05, 0) is 58.6 Å². The van der Waals surface area contributed by atoms with Gasteiger partial charge in [0, 0.05) is 6.07 Å². The summed E-state index contributed by atoms with van der Waals surface area (Å²) in [7, 11) is 1.64. The molecule has 196 valence electrons. The maximum absolute atomic E-state index is 10.0. The van der Waals surface area contributed by atoms with Crippen molar-refractivity contribution in [3.05, 3.63) is 42.4 Å². The van der Waals surface area contributed by atoms with Gasteiger partial charge in [-0.3, -0.25) is 5.10 Å². The topological polar surface area (TPSA) is 161 Å². The number of benzene rings is 1. The quantitative estimate of drug-likeness (QED) is 0.413. The first-order valence-corrected chi connectivity index (χ1v) is 12.1. The number of nitrogens with zero attached hydrogens (tertiary/aromatic N) is 4. The lowest BCUT2D eigenvalue weighted by Gasteiger charge is -2.24. The van der Waals surface area contributed by atoms with Gasteiger partial charge in [0.05, 0.1) is 36.9 Å². The summed E-state index contributed by atoms with van der Waals surface area (Å²) in [6, 6.07) is 9.61. The number of hydrogen-bond donors (Lipinski definition) is 3. The number of amides is 1. The molecule has 2 aromatic heterocycles. The summed E-state index contributed by atoms with van der Waals surface area (Å²) in [4.78, 5) is 18.2. The molecule has 1 aliphatic carbocycles. The Morgan fingerprint density at radius 3 is 2.43 bits per heavy atom. The highest BCUT2D eigenvalue weighted by atomic mass is 16.6. The van der Waals surface area contributed by atoms with E-state index in [1.807, 2.05) is 30.3 Å². The molecule has 2 heterocycles. The van der Waals surface area contributed by atoms with Gasteiger partial charge in [-0.2, -0.15) is 10.4 Å². The molecule has 4 N–H and O–H groups in total. The molecule has 1 aromatic carbocycles. The summed E-state index contributed by atoms with van der Waals surface area (Å²) in [6.07, 6.45) is 8.23. The van der Waals surface area contributed by atoms with Crippen LogP contribution in [0.4, 0.5) is 16.4 Å². The van der Waals surface area contributed by atoms with E-state index in [1.165, 1.54) is 31.7 Å². The third-order valence-electron chi connectivity index (χ3n) is 5.33. The summed E-state index contributed by atoms with van der Waals surface area (Å²) in [5.41, 5.74) is 6.14. The van der Waals surface area contributed by atoms with E-state index in [9.17, 15) is 4.79 Å². The van der Waals surface area contributed by atoms with Crippen LogP contribution >= 0.6 is 0 Å². The number of H-pyrrole nitrogens is 1. The third kappa shape index (κ3) is 8.38. The number of nitrogens with two attached hydrogens (primary N) is 1. The van der Waals surface area contributed by atoms with Crippen LogP contribution in [-0.4, -0.2) is 45.1 Å². The normalized spacial score (nSPS) is 13.5. The van der Waals surface area contributed by atoms with Crippen molar-refractivity contribution >= 4 is 17.7 Å². The Morgan fingerprint density at radius 1 is 1.14 bits per heavy atom. The number of ether oxygens (including phenoxy) is 3. The molecule has 11 nitrogen and oxygen atoms in total. The molecular formula is C26H33N7O4. The highest BCUT2D eigenvalue weighted by Gasteiger charge is 2.20. The van der Waals surface area contributed by atoms with Gasteiger partial charge in [0.15, 0.2) is 11.5 Å². The molecule has 0 saturated heterocycles. The van der Waals surface area contributed by atoms with Gasteiger partial charge < -0.3 is 25.3 Å². The molecule has 1 fully saturated rings. The smallest absolute Gasteiger partial charge is 0.405 e. The molecule has 1 amide bonds. The van der Waals surface area contributed by atoms with Gasteiger partial charge in [0.25, 0.3) is 0 Å². The van der Waals surface area contributed by atoms with Crippen LogP contribution in [0.2, 0.25) is 0 Å². The lowest BCUT2D eigenvalue weighted by Crippen LogP contribution is -2.27. The molecule has 4 rings (SSSR count). The van der Waals surface area contributed by atoms with Crippen LogP contribution in [0, 0.1) is 11.3 Å². The van der Waals surface area contributed by atoms with Gasteiger partial charge in [0.1, 0.15) is 29.0 Å². The fourth-order valence-corrected chi connectivity index (χ4v) is 3.80. The van der Waals surface area contributed by atoms with Gasteiger partial charge >= 0.3 is 6.09 Å². The van der Waals surface area contributed by atoms with E-state index in [0.717, 1.165) is 29.8 Å². The third-order valence-corrected chi connectivity index (χ3v) is 5.33. The predicted octanol–water partition coefficient (Wildman–Crippen LogP) is 5.08. The van der Waals surface area contributed by atoms with E-state index >= 15 is 0 Å². The van der Waals surface area contributed by atoms with Gasteiger partial charge in [-0.25, -0.2) is 14.8 Å². The number of primary amides is 1. The van der Waals surface area contributed by atoms with E-state index in [0.29, 0.717) is 17.4 Å². The minimum absolute atomic E-state index is 0.226. The molecule has 0 radical (unpaired) electrons. The number of hydrogen-bond acceptors (Lipinski definition) is 9. The monoisotopic (exact) mass is 507 g/mol. The standard InChI is InChI=1S/C21H22N6O2.C5H11NO2/c1-28-17-8-5-9-18(29-15-6-3-2-4-7-15)21(17)16-10-19(27-26-16)25-20-13-23-14(11-22)12-24-20;1-5(2,3)8-4(6)7/h5,8-10,12-13,15H,2-4,6-7H2,1H3,(H2,24,25,26,27);1-3H3,(H2,6,7). The van der Waals surface area contributed by atoms with Crippen molar-refractivity contribution in [1.29, 1.82) is 5.26 Å². The number of nitrogens with one attached hydrogen (secondary N) is 2. The molecule has 0 atom stereocenters. The summed E-state index contributed by atoms with van der Waals surface area (Å²) < 4.78 is 16.5. The molecule has 0 spiro atoms. The van der Waals surface area contributed by atoms with Crippen molar-refractivity contribution < 1.29 is 19.0 Å². The Bertz CT molecular complexity index is 1210. The van der Waals surface area contributed by atoms with E-state index in [4.69, 9.17) is 20.5 Å². The molecule has 37 heavy (non-hydrogen) atoms. The highest BCUT2D eigenvalue weighted by molar-refractivity contribution is 5.76. The fourth-order valence-electron chi connectivity index (χ4n) is 3.80. The molecule has 1 saturated carbocycles. The summed E-state index contributed by atoms with van der Waals surface area (Å²) in [5.74, 6) is 2.57. The van der Waals surface area contributed by atoms with E-state index in [-0.39, 0.29) is 11.8 Å². The molecule has 3 aromatic rings. The van der Waals surface area contributed by atoms with Crippen molar-refractivity contribution in [2.75, 3.05) is 12.4 Å². The van der Waals surface area contributed by atoms with Gasteiger partial charge in [-0.15, -0.1) is 0 Å². The number of aromatic nitrogens is 4. The number of methoxy groups -OCH3 is 1. The van der Waals surface area contributed by atoms with Crippen LogP contribution in [0.25, 0.3) is 11.3 Å². The Balaban J connectivity index is 0.000000414. The second-order valence-electron chi connectivity index (χ2n) is 9.44. The molecule has 0 unspecified atom stereocenters. The minimum atomic E-state index is -0.725. The molecule has 0 aliphatic heterocycles. The first-order chi connectivity index (χ1) is 17.7. The number of carbonyl (C=O) groups is 1. The van der Waals surface area contributed by atoms with Crippen LogP contribution < -0.4 is 20.5 Å². The SMILES string of the molecule is CC(C)(C)OC(N)=O.COc1cccc(OC2CCCCC2)c1-c1cc(Nc2cnc(C#N)cn2)n[nH]1. The fraction of sp³-hybridized carbons (Fsp3) is 0.423. The van der Waals surface area contributed by atoms with Crippen molar-refractivity contribution in [2.24, 2.45) is 5.73 Å². The molecule has 1 aliphatic rings. The predicted molar refractivity (Wildman–Crippen MR) is 139 cm³/mol. The average Bonchev–Trinajstić information content (AvgIpc) is 3.31. The number of aromatic amines is 1. The van der Waals surface area contributed by atoms with Crippen LogP contribution in [0.1, 0.15) is 58.6 Å². The van der Waals surface area contributed by atoms with Crippen LogP contribution in [0.5, 0.6) is 11.5 Å². The molecular weight excluding hydrogens is 474 g/mol. The molecule has 11 heteroatoms. The number of nitriles is 1. The Morgan fingerprint density at radius 2 is 1.86 bits per heavy atom. The first-order valence-electron chi connectivity index (χ1n) is 12.1. The zero-order valence-corrected chi connectivity index (χ0v) is 21.6. The maximum Gasteiger partial charge on any atom is 0.405 e. The summed E-state index contributed by atoms with van der Waals surface area (Å²) in [6.45, 7) is 5.28. The van der Waals surface area contributed by atoms with E-state index < -0.39 is 11.7 Å². The maximum atomic E-state index is 10.0. The van der Waals surface area contributed by atoms with E-state index in [2.05, 4.69) is 30.2 Å². The van der Waals surface area contributed by atoms with Crippen molar-refractivity contribution in [1.82, 2.24) is 20.2 Å². The zero-order chi connectivity index (χ0) is 26.8. The van der Waals surface area contributed by atoms with Crippen molar-refractivity contribution in [3.63, 3.8) is 0 Å². The lowest BCUT2D eigenvalue weighted by molar-refractivity contribution is 0.0600. The largest absolute Gasteiger partial charge is 0.496 e. The Kier molecular flexibility index (Phi) is 9.27. The van der Waals surface area contributed by atoms with Crippen LogP contribution in [0.15, 0.2) is 36.7 Å². The zero-order valence-electron chi connectivity index (χ0n) is 21.6. The number of carbonyl (C=O) groups excluding carboxylic acids is 1. The summed E-state index contributed by atoms with van der Waals surface area (Å²) in [5, 5.41) is 19.3. The number of rotatable bonds is 6. The van der Waals surface area contributed by atoms with Crippen LogP contribution in [-0.2, 0) is 4.74 Å². The second-order valence-corrected chi connectivity index (χ2v) is 9.44.